The van der Waals surface area contributed by atoms with Crippen molar-refractivity contribution in [2.24, 2.45) is 0 Å². The Morgan fingerprint density at radius 2 is 2.15 bits per heavy atom. The lowest BCUT2D eigenvalue weighted by molar-refractivity contribution is -0.121. The van der Waals surface area contributed by atoms with Crippen LogP contribution in [-0.2, 0) is 14.3 Å². The molecule has 0 bridgehead atoms. The van der Waals surface area contributed by atoms with E-state index in [1.54, 1.807) is 0 Å². The van der Waals surface area contributed by atoms with Crippen LogP contribution in [0.4, 0.5) is 5.69 Å². The Kier molecular flexibility index (Phi) is 5.35. The molecule has 26 heavy (non-hydrogen) atoms. The number of amides is 1. The van der Waals surface area contributed by atoms with Crippen LogP contribution in [0.3, 0.4) is 0 Å². The van der Waals surface area contributed by atoms with E-state index in [0.717, 1.165) is 24.1 Å². The first-order valence-corrected chi connectivity index (χ1v) is 9.67. The number of hydrogen-bond donors (Lipinski definition) is 1. The maximum Gasteiger partial charge on any atom is 0.239 e. The lowest BCUT2D eigenvalue weighted by Gasteiger charge is -2.38. The second-order valence-corrected chi connectivity index (χ2v) is 7.40. The summed E-state index contributed by atoms with van der Waals surface area (Å²) >= 11 is 6.43. The summed E-state index contributed by atoms with van der Waals surface area (Å²) in [5, 5.41) is 3.52. The van der Waals surface area contributed by atoms with E-state index in [1.807, 2.05) is 23.1 Å². The number of carbonyl (C=O) groups excluding carboxylic acids is 1. The second-order valence-electron chi connectivity index (χ2n) is 6.99. The Morgan fingerprint density at radius 1 is 1.35 bits per heavy atom. The molecule has 5 nitrogen and oxygen atoms in total. The number of hydrogen-bond acceptors (Lipinski definition) is 4. The lowest BCUT2D eigenvalue weighted by atomic mass is 9.93. The van der Waals surface area contributed by atoms with Crippen molar-refractivity contribution in [3.63, 3.8) is 0 Å². The Labute approximate surface area is 159 Å². The van der Waals surface area contributed by atoms with Crippen LogP contribution in [0.25, 0.3) is 0 Å². The first kappa shape index (κ1) is 17.7. The number of benzene rings is 1. The summed E-state index contributed by atoms with van der Waals surface area (Å²) < 4.78 is 11.1. The van der Waals surface area contributed by atoms with Gasteiger partial charge in [-0.15, -0.1) is 0 Å². The molecule has 2 heterocycles. The van der Waals surface area contributed by atoms with Gasteiger partial charge >= 0.3 is 0 Å². The minimum atomic E-state index is -0.553. The molecule has 1 aromatic carbocycles. The van der Waals surface area contributed by atoms with Crippen LogP contribution in [-0.4, -0.2) is 44.4 Å². The van der Waals surface area contributed by atoms with Gasteiger partial charge in [0.05, 0.1) is 37.7 Å². The van der Waals surface area contributed by atoms with Gasteiger partial charge in [-0.1, -0.05) is 36.4 Å². The molecule has 0 radical (unpaired) electrons. The van der Waals surface area contributed by atoms with Crippen molar-refractivity contribution < 1.29 is 14.3 Å². The minimum Gasteiger partial charge on any atom is -0.377 e. The standard InChI is InChI=1S/C20H23ClN2O3/c21-17-6-3-7-18-19(17)16(8-10-23(18)14-12-25-13-14)20(24)22-9-11-26-15-4-1-2-5-15/h3,6-7,14-16H,1-2,4-5,9,11-13H2,(H,22,24). The summed E-state index contributed by atoms with van der Waals surface area (Å²) in [6, 6.07) is 9.02. The third-order valence-corrected chi connectivity index (χ3v) is 5.54. The smallest absolute Gasteiger partial charge is 0.239 e. The fourth-order valence-corrected chi connectivity index (χ4v) is 3.98. The fraction of sp³-hybridized carbons (Fsp3) is 0.550. The quantitative estimate of drug-likeness (QED) is 0.614. The molecular weight excluding hydrogens is 352 g/mol. The molecule has 1 atom stereocenters. The number of nitrogens with zero attached hydrogens (tertiary/aromatic N) is 1. The van der Waals surface area contributed by atoms with Crippen LogP contribution < -0.4 is 10.2 Å². The summed E-state index contributed by atoms with van der Waals surface area (Å²) in [6.07, 6.45) is 5.10. The van der Waals surface area contributed by atoms with Gasteiger partial charge in [-0.2, -0.15) is 0 Å². The average molecular weight is 375 g/mol. The molecule has 138 valence electrons. The van der Waals surface area contributed by atoms with Crippen molar-refractivity contribution in [1.82, 2.24) is 5.32 Å². The average Bonchev–Trinajstić information content (AvgIpc) is 3.11. The van der Waals surface area contributed by atoms with E-state index in [-0.39, 0.29) is 11.9 Å². The highest BCUT2D eigenvalue weighted by Crippen LogP contribution is 2.38. The summed E-state index contributed by atoms with van der Waals surface area (Å²) in [6.45, 7) is 2.33. The summed E-state index contributed by atoms with van der Waals surface area (Å²) in [5.74, 6) is 2.41. The summed E-state index contributed by atoms with van der Waals surface area (Å²) in [7, 11) is 0. The number of nitrogens with one attached hydrogen (secondary N) is 1. The summed E-state index contributed by atoms with van der Waals surface area (Å²) in [4.78, 5) is 14.7. The minimum absolute atomic E-state index is 0.119. The molecule has 1 saturated heterocycles. The molecule has 1 saturated carbocycles. The van der Waals surface area contributed by atoms with Crippen LogP contribution in [0.15, 0.2) is 18.2 Å². The molecule has 0 spiro atoms. The zero-order valence-electron chi connectivity index (χ0n) is 14.7. The number of halogens is 1. The molecule has 1 N–H and O–H groups in total. The van der Waals surface area contributed by atoms with E-state index >= 15 is 0 Å². The van der Waals surface area contributed by atoms with Gasteiger partial charge in [0.15, 0.2) is 0 Å². The molecule has 1 unspecified atom stereocenters. The van der Waals surface area contributed by atoms with Crippen LogP contribution in [0.2, 0.25) is 5.02 Å². The van der Waals surface area contributed by atoms with Crippen molar-refractivity contribution in [3.05, 3.63) is 28.8 Å². The van der Waals surface area contributed by atoms with E-state index < -0.39 is 5.92 Å². The third-order valence-electron chi connectivity index (χ3n) is 5.21. The molecule has 1 aliphatic carbocycles. The van der Waals surface area contributed by atoms with Crippen LogP contribution in [0.5, 0.6) is 0 Å². The molecule has 1 amide bonds. The van der Waals surface area contributed by atoms with Gasteiger partial charge in [-0.3, -0.25) is 9.69 Å². The highest BCUT2D eigenvalue weighted by molar-refractivity contribution is 6.32. The Bertz CT molecular complexity index is 732. The van der Waals surface area contributed by atoms with E-state index in [2.05, 4.69) is 17.3 Å². The maximum atomic E-state index is 12.7. The van der Waals surface area contributed by atoms with Crippen LogP contribution >= 0.6 is 11.6 Å². The highest BCUT2D eigenvalue weighted by atomic mass is 35.5. The highest BCUT2D eigenvalue weighted by Gasteiger charge is 2.34. The molecule has 2 fully saturated rings. The fourth-order valence-electron chi connectivity index (χ4n) is 3.70. The molecule has 4 rings (SSSR count). The van der Waals surface area contributed by atoms with Gasteiger partial charge in [0.2, 0.25) is 5.91 Å². The van der Waals surface area contributed by atoms with Crippen molar-refractivity contribution in [3.8, 4) is 12.0 Å². The van der Waals surface area contributed by atoms with Gasteiger partial charge < -0.3 is 14.8 Å². The van der Waals surface area contributed by atoms with Gasteiger partial charge in [-0.25, -0.2) is 0 Å². The maximum absolute atomic E-state index is 12.7. The molecule has 1 aromatic rings. The second kappa shape index (κ2) is 7.87. The van der Waals surface area contributed by atoms with Crippen molar-refractivity contribution in [1.29, 1.82) is 0 Å². The monoisotopic (exact) mass is 374 g/mol. The van der Waals surface area contributed by atoms with E-state index in [4.69, 9.17) is 21.1 Å². The Balaban J connectivity index is 1.41. The van der Waals surface area contributed by atoms with Gasteiger partial charge in [0.1, 0.15) is 5.92 Å². The molecule has 6 heteroatoms. The number of anilines is 1. The zero-order valence-corrected chi connectivity index (χ0v) is 15.4. The van der Waals surface area contributed by atoms with Gasteiger partial charge in [-0.05, 0) is 25.0 Å². The number of fused-ring (bicyclic) bond motifs is 1. The number of carbonyl (C=O) groups is 1. The molecular formula is C20H23ClN2O3. The van der Waals surface area contributed by atoms with Crippen LogP contribution in [0.1, 0.15) is 37.2 Å². The summed E-state index contributed by atoms with van der Waals surface area (Å²) in [5.41, 5.74) is 1.70. The Morgan fingerprint density at radius 3 is 2.88 bits per heavy atom. The van der Waals surface area contributed by atoms with Crippen molar-refractivity contribution in [2.75, 3.05) is 31.3 Å². The van der Waals surface area contributed by atoms with Crippen molar-refractivity contribution >= 4 is 23.2 Å². The van der Waals surface area contributed by atoms with E-state index in [9.17, 15) is 4.79 Å². The largest absolute Gasteiger partial charge is 0.377 e. The normalized spacial score (nSPS) is 22.3. The SMILES string of the molecule is O=C(NCCOC1CCCC1)C1C#CN(C2COC2)c2cccc(Cl)c21. The lowest BCUT2D eigenvalue weighted by Crippen LogP contribution is -2.48. The van der Waals surface area contributed by atoms with Crippen LogP contribution in [0, 0.1) is 12.0 Å². The van der Waals surface area contributed by atoms with E-state index in [1.165, 1.54) is 12.8 Å². The Hall–Kier alpha value is -1.74. The predicted octanol–water partition coefficient (Wildman–Crippen LogP) is 2.68. The first-order valence-electron chi connectivity index (χ1n) is 9.30. The predicted molar refractivity (Wildman–Crippen MR) is 100 cm³/mol. The zero-order chi connectivity index (χ0) is 17.9. The van der Waals surface area contributed by atoms with Crippen molar-refractivity contribution in [2.45, 2.75) is 43.7 Å². The number of rotatable bonds is 6. The molecule has 3 aliphatic rings. The van der Waals surface area contributed by atoms with Gasteiger partial charge in [0.25, 0.3) is 0 Å². The van der Waals surface area contributed by atoms with Gasteiger partial charge in [0, 0.05) is 23.2 Å². The number of ether oxygens (including phenoxy) is 2. The van der Waals surface area contributed by atoms with E-state index in [0.29, 0.717) is 37.5 Å². The first-order chi connectivity index (χ1) is 12.7. The topological polar surface area (TPSA) is 50.8 Å². The third kappa shape index (κ3) is 3.55. The molecule has 2 aliphatic heterocycles. The molecule has 0 aromatic heterocycles.